The number of rotatable bonds is 7. The lowest BCUT2D eigenvalue weighted by molar-refractivity contribution is -0.154. The van der Waals surface area contributed by atoms with Crippen molar-refractivity contribution in [2.45, 2.75) is 80.3 Å². The Labute approximate surface area is 177 Å². The highest BCUT2D eigenvalue weighted by molar-refractivity contribution is 5.75. The SMILES string of the molecule is C=C1[C@@H]([C@H](C)COC(=O)C(C)(C)C)CC[C@]1(C)[C@H](O)C1=C(C)CC[C@H]1[C@@H](C)CO. The molecular weight excluding hydrogens is 364 g/mol. The highest BCUT2D eigenvalue weighted by Crippen LogP contribution is 2.54. The van der Waals surface area contributed by atoms with E-state index in [1.54, 1.807) is 0 Å². The quantitative estimate of drug-likeness (QED) is 0.466. The third-order valence-corrected chi connectivity index (χ3v) is 7.53. The molecule has 0 saturated heterocycles. The summed E-state index contributed by atoms with van der Waals surface area (Å²) in [7, 11) is 0. The summed E-state index contributed by atoms with van der Waals surface area (Å²) in [5.41, 5.74) is 2.60. The Morgan fingerprint density at radius 2 is 1.86 bits per heavy atom. The first kappa shape index (κ1) is 24.1. The fourth-order valence-corrected chi connectivity index (χ4v) is 5.18. The normalized spacial score (nSPS) is 31.1. The van der Waals surface area contributed by atoms with Crippen molar-refractivity contribution in [2.75, 3.05) is 13.2 Å². The summed E-state index contributed by atoms with van der Waals surface area (Å²) in [6, 6.07) is 0. The molecule has 166 valence electrons. The minimum Gasteiger partial charge on any atom is -0.465 e. The van der Waals surface area contributed by atoms with Crippen LogP contribution in [0.15, 0.2) is 23.3 Å². The van der Waals surface area contributed by atoms with Crippen molar-refractivity contribution in [3.8, 4) is 0 Å². The van der Waals surface area contributed by atoms with Crippen LogP contribution >= 0.6 is 0 Å². The number of aliphatic hydroxyl groups is 2. The van der Waals surface area contributed by atoms with Crippen LogP contribution in [0.2, 0.25) is 0 Å². The monoisotopic (exact) mass is 406 g/mol. The van der Waals surface area contributed by atoms with E-state index in [-0.39, 0.29) is 41.7 Å². The van der Waals surface area contributed by atoms with Crippen LogP contribution in [-0.2, 0) is 9.53 Å². The summed E-state index contributed by atoms with van der Waals surface area (Å²) >= 11 is 0. The number of allylic oxidation sites excluding steroid dienone is 1. The number of ether oxygens (including phenoxy) is 1. The molecule has 0 spiro atoms. The number of esters is 1. The smallest absolute Gasteiger partial charge is 0.311 e. The largest absolute Gasteiger partial charge is 0.465 e. The van der Waals surface area contributed by atoms with Gasteiger partial charge in [0.15, 0.2) is 0 Å². The number of hydrogen-bond donors (Lipinski definition) is 2. The van der Waals surface area contributed by atoms with Crippen LogP contribution < -0.4 is 0 Å². The maximum absolute atomic E-state index is 12.1. The molecule has 4 nitrogen and oxygen atoms in total. The summed E-state index contributed by atoms with van der Waals surface area (Å²) in [5.74, 6) is 0.626. The maximum Gasteiger partial charge on any atom is 0.311 e. The molecule has 0 aromatic heterocycles. The Hall–Kier alpha value is -1.13. The van der Waals surface area contributed by atoms with Gasteiger partial charge in [-0.25, -0.2) is 0 Å². The van der Waals surface area contributed by atoms with Crippen molar-refractivity contribution in [3.63, 3.8) is 0 Å². The second-order valence-corrected chi connectivity index (χ2v) is 10.9. The minimum atomic E-state index is -0.564. The van der Waals surface area contributed by atoms with Gasteiger partial charge in [0, 0.05) is 12.0 Å². The second kappa shape index (κ2) is 8.93. The van der Waals surface area contributed by atoms with Crippen molar-refractivity contribution in [1.82, 2.24) is 0 Å². The molecule has 0 bridgehead atoms. The van der Waals surface area contributed by atoms with Crippen molar-refractivity contribution in [2.24, 2.45) is 34.5 Å². The summed E-state index contributed by atoms with van der Waals surface area (Å²) < 4.78 is 5.56. The third kappa shape index (κ3) is 4.80. The lowest BCUT2D eigenvalue weighted by Gasteiger charge is -2.38. The number of carbonyl (C=O) groups is 1. The lowest BCUT2D eigenvalue weighted by atomic mass is 9.70. The first-order valence-electron chi connectivity index (χ1n) is 11.2. The molecule has 2 N–H and O–H groups in total. The first-order chi connectivity index (χ1) is 13.3. The molecule has 2 aliphatic rings. The predicted octanol–water partition coefficient (Wildman–Crippen LogP) is 4.90. The molecule has 0 heterocycles. The zero-order chi connectivity index (χ0) is 22.1. The molecule has 0 radical (unpaired) electrons. The Bertz CT molecular complexity index is 656. The van der Waals surface area contributed by atoms with Crippen molar-refractivity contribution < 1.29 is 19.7 Å². The summed E-state index contributed by atoms with van der Waals surface area (Å²) in [4.78, 5) is 12.1. The van der Waals surface area contributed by atoms with E-state index >= 15 is 0 Å². The topological polar surface area (TPSA) is 66.8 Å². The summed E-state index contributed by atoms with van der Waals surface area (Å²) in [5, 5.41) is 21.2. The van der Waals surface area contributed by atoms with Gasteiger partial charge in [0.2, 0.25) is 0 Å². The van der Waals surface area contributed by atoms with Crippen LogP contribution in [-0.4, -0.2) is 35.5 Å². The van der Waals surface area contributed by atoms with E-state index < -0.39 is 11.5 Å². The Morgan fingerprint density at radius 3 is 2.41 bits per heavy atom. The van der Waals surface area contributed by atoms with Gasteiger partial charge < -0.3 is 14.9 Å². The van der Waals surface area contributed by atoms with Crippen molar-refractivity contribution >= 4 is 5.97 Å². The molecule has 0 aromatic rings. The molecule has 29 heavy (non-hydrogen) atoms. The third-order valence-electron chi connectivity index (χ3n) is 7.53. The fourth-order valence-electron chi connectivity index (χ4n) is 5.18. The van der Waals surface area contributed by atoms with Crippen LogP contribution in [0.25, 0.3) is 0 Å². The van der Waals surface area contributed by atoms with Gasteiger partial charge in [0.05, 0.1) is 18.1 Å². The van der Waals surface area contributed by atoms with Gasteiger partial charge in [-0.15, -0.1) is 0 Å². The fraction of sp³-hybridized carbons (Fsp3) is 0.800. The van der Waals surface area contributed by atoms with E-state index in [1.807, 2.05) is 20.8 Å². The average molecular weight is 407 g/mol. The zero-order valence-electron chi connectivity index (χ0n) is 19.5. The summed E-state index contributed by atoms with van der Waals surface area (Å²) in [6.07, 6.45) is 3.27. The molecule has 4 heteroatoms. The minimum absolute atomic E-state index is 0.143. The molecule has 6 atom stereocenters. The summed E-state index contributed by atoms with van der Waals surface area (Å²) in [6.45, 7) is 19.0. The molecule has 2 rings (SSSR count). The highest BCUT2D eigenvalue weighted by atomic mass is 16.5. The van der Waals surface area contributed by atoms with Gasteiger partial charge in [0.1, 0.15) is 0 Å². The van der Waals surface area contributed by atoms with Crippen molar-refractivity contribution in [3.05, 3.63) is 23.3 Å². The molecular formula is C25H42O4. The predicted molar refractivity (Wildman–Crippen MR) is 117 cm³/mol. The average Bonchev–Trinajstić information content (AvgIpc) is 3.18. The molecule has 2 aliphatic carbocycles. The van der Waals surface area contributed by atoms with Crippen LogP contribution in [0, 0.1) is 34.5 Å². The molecule has 1 saturated carbocycles. The molecule has 0 aromatic carbocycles. The van der Waals surface area contributed by atoms with E-state index in [1.165, 1.54) is 5.57 Å². The maximum atomic E-state index is 12.1. The van der Waals surface area contributed by atoms with Gasteiger partial charge in [-0.3, -0.25) is 4.79 Å². The van der Waals surface area contributed by atoms with Crippen molar-refractivity contribution in [1.29, 1.82) is 0 Å². The lowest BCUT2D eigenvalue weighted by Crippen LogP contribution is -2.37. The van der Waals surface area contributed by atoms with E-state index in [4.69, 9.17) is 4.74 Å². The van der Waals surface area contributed by atoms with E-state index in [0.29, 0.717) is 6.61 Å². The standard InChI is InChI=1S/C25H42O4/c1-15-9-10-20(16(2)13-26)21(15)22(27)25(8)12-11-19(18(25)4)17(3)14-29-23(28)24(5,6)7/h16-17,19-20,22,26-27H,4,9-14H2,1-3,5-8H3/t16-,17+,19+,20-,22+,25-/m0/s1. The van der Waals surface area contributed by atoms with Gasteiger partial charge in [-0.1, -0.05) is 38.5 Å². The van der Waals surface area contributed by atoms with Gasteiger partial charge in [-0.2, -0.15) is 0 Å². The van der Waals surface area contributed by atoms with E-state index in [2.05, 4.69) is 34.3 Å². The van der Waals surface area contributed by atoms with Gasteiger partial charge in [0.25, 0.3) is 0 Å². The molecule has 0 unspecified atom stereocenters. The first-order valence-corrected chi connectivity index (χ1v) is 11.2. The Kier molecular flexibility index (Phi) is 7.44. The Balaban J connectivity index is 2.12. The molecule has 0 aliphatic heterocycles. The van der Waals surface area contributed by atoms with Gasteiger partial charge in [-0.05, 0) is 82.6 Å². The van der Waals surface area contributed by atoms with E-state index in [0.717, 1.165) is 36.8 Å². The van der Waals surface area contributed by atoms with Gasteiger partial charge >= 0.3 is 5.97 Å². The number of hydrogen-bond acceptors (Lipinski definition) is 4. The zero-order valence-corrected chi connectivity index (χ0v) is 19.5. The van der Waals surface area contributed by atoms with Crippen LogP contribution in [0.3, 0.4) is 0 Å². The van der Waals surface area contributed by atoms with E-state index in [9.17, 15) is 15.0 Å². The second-order valence-electron chi connectivity index (χ2n) is 10.9. The number of carbonyl (C=O) groups excluding carboxylic acids is 1. The molecule has 1 fully saturated rings. The van der Waals surface area contributed by atoms with Crippen LogP contribution in [0.1, 0.15) is 74.1 Å². The highest BCUT2D eigenvalue weighted by Gasteiger charge is 2.49. The van der Waals surface area contributed by atoms with Crippen LogP contribution in [0.4, 0.5) is 0 Å². The molecule has 0 amide bonds. The van der Waals surface area contributed by atoms with Crippen LogP contribution in [0.5, 0.6) is 0 Å². The Morgan fingerprint density at radius 1 is 1.24 bits per heavy atom. The number of aliphatic hydroxyl groups excluding tert-OH is 2.